The van der Waals surface area contributed by atoms with Crippen LogP contribution in [0.4, 0.5) is 5.69 Å². The summed E-state index contributed by atoms with van der Waals surface area (Å²) in [5, 5.41) is 2.73. The van der Waals surface area contributed by atoms with Crippen LogP contribution in [0.15, 0.2) is 18.2 Å². The number of benzene rings is 1. The molecule has 1 unspecified atom stereocenters. The van der Waals surface area contributed by atoms with Gasteiger partial charge in [-0.1, -0.05) is 0 Å². The van der Waals surface area contributed by atoms with E-state index in [0.717, 1.165) is 0 Å². The van der Waals surface area contributed by atoms with Gasteiger partial charge >= 0.3 is 5.97 Å². The minimum Gasteiger partial charge on any atom is -0.489 e. The van der Waals surface area contributed by atoms with Crippen molar-refractivity contribution in [2.24, 2.45) is 5.73 Å². The Morgan fingerprint density at radius 1 is 1.25 bits per heavy atom. The average molecular weight is 361 g/mol. The van der Waals surface area contributed by atoms with E-state index >= 15 is 0 Å². The van der Waals surface area contributed by atoms with Gasteiger partial charge in [0.25, 0.3) is 0 Å². The number of hydrogen-bond donors (Lipinski definition) is 2. The zero-order chi connectivity index (χ0) is 17.4. The third-order valence-corrected chi connectivity index (χ3v) is 3.05. The summed E-state index contributed by atoms with van der Waals surface area (Å²) in [6.45, 7) is 3.98. The number of ether oxygens (including phenoxy) is 3. The van der Waals surface area contributed by atoms with Crippen LogP contribution in [0.3, 0.4) is 0 Å². The van der Waals surface area contributed by atoms with Gasteiger partial charge in [0, 0.05) is 13.7 Å². The van der Waals surface area contributed by atoms with E-state index in [1.54, 1.807) is 12.1 Å². The standard InChI is InChI=1S/C16H24N2O5.ClH/c1-10(2)23-14-6-5-11(16(20)22-4)7-13(14)18-15(19)8-12(9-17)21-3;/h5-7,10,12H,8-9,17H2,1-4H3,(H,18,19);1H. The van der Waals surface area contributed by atoms with Crippen molar-refractivity contribution < 1.29 is 23.8 Å². The molecule has 7 nitrogen and oxygen atoms in total. The second-order valence-electron chi connectivity index (χ2n) is 5.21. The number of amides is 1. The molecule has 0 saturated carbocycles. The zero-order valence-electron chi connectivity index (χ0n) is 14.3. The first-order chi connectivity index (χ1) is 10.9. The van der Waals surface area contributed by atoms with Gasteiger partial charge in [-0.05, 0) is 32.0 Å². The van der Waals surface area contributed by atoms with Gasteiger partial charge in [0.15, 0.2) is 0 Å². The van der Waals surface area contributed by atoms with E-state index in [4.69, 9.17) is 15.2 Å². The normalized spacial score (nSPS) is 11.4. The summed E-state index contributed by atoms with van der Waals surface area (Å²) in [7, 11) is 2.79. The number of esters is 1. The lowest BCUT2D eigenvalue weighted by molar-refractivity contribution is -0.118. The maximum atomic E-state index is 12.1. The maximum absolute atomic E-state index is 12.1. The van der Waals surface area contributed by atoms with Gasteiger partial charge in [0.2, 0.25) is 5.91 Å². The molecule has 0 aliphatic carbocycles. The molecule has 0 spiro atoms. The summed E-state index contributed by atoms with van der Waals surface area (Å²) in [5.41, 5.74) is 6.23. The fraction of sp³-hybridized carbons (Fsp3) is 0.500. The maximum Gasteiger partial charge on any atom is 0.337 e. The lowest BCUT2D eigenvalue weighted by Crippen LogP contribution is -2.28. The first-order valence-electron chi connectivity index (χ1n) is 7.33. The van der Waals surface area contributed by atoms with Gasteiger partial charge < -0.3 is 25.3 Å². The second-order valence-corrected chi connectivity index (χ2v) is 5.21. The van der Waals surface area contributed by atoms with Crippen LogP contribution < -0.4 is 15.8 Å². The molecule has 0 heterocycles. The molecule has 8 heteroatoms. The fourth-order valence-corrected chi connectivity index (χ4v) is 1.90. The molecule has 1 rings (SSSR count). The van der Waals surface area contributed by atoms with E-state index in [1.165, 1.54) is 20.3 Å². The van der Waals surface area contributed by atoms with Crippen LogP contribution in [0.2, 0.25) is 0 Å². The molecule has 0 aliphatic rings. The Morgan fingerprint density at radius 2 is 1.92 bits per heavy atom. The first-order valence-corrected chi connectivity index (χ1v) is 7.33. The number of carbonyl (C=O) groups excluding carboxylic acids is 2. The molecule has 0 saturated heterocycles. The van der Waals surface area contributed by atoms with Crippen molar-refractivity contribution in [3.05, 3.63) is 23.8 Å². The highest BCUT2D eigenvalue weighted by molar-refractivity contribution is 5.96. The number of carbonyl (C=O) groups is 2. The van der Waals surface area contributed by atoms with Gasteiger partial charge in [-0.25, -0.2) is 4.79 Å². The summed E-state index contributed by atoms with van der Waals surface area (Å²) < 4.78 is 15.4. The van der Waals surface area contributed by atoms with E-state index in [2.05, 4.69) is 10.1 Å². The van der Waals surface area contributed by atoms with E-state index in [1.807, 2.05) is 13.8 Å². The number of halogens is 1. The Kier molecular flexibility index (Phi) is 10.0. The van der Waals surface area contributed by atoms with Crippen molar-refractivity contribution in [2.75, 3.05) is 26.1 Å². The molecule has 136 valence electrons. The summed E-state index contributed by atoms with van der Waals surface area (Å²) in [4.78, 5) is 23.8. The topological polar surface area (TPSA) is 99.9 Å². The molecule has 1 atom stereocenters. The van der Waals surface area contributed by atoms with Gasteiger partial charge in [-0.15, -0.1) is 12.4 Å². The summed E-state index contributed by atoms with van der Waals surface area (Å²) in [5.74, 6) is -0.297. The van der Waals surface area contributed by atoms with Gasteiger partial charge in [-0.2, -0.15) is 0 Å². The Balaban J connectivity index is 0.00000529. The van der Waals surface area contributed by atoms with Crippen LogP contribution in [0.25, 0.3) is 0 Å². The Morgan fingerprint density at radius 3 is 2.42 bits per heavy atom. The van der Waals surface area contributed by atoms with Crippen molar-refractivity contribution in [3.8, 4) is 5.75 Å². The Labute approximate surface area is 148 Å². The second kappa shape index (κ2) is 10.9. The zero-order valence-corrected chi connectivity index (χ0v) is 15.1. The molecule has 0 bridgehead atoms. The van der Waals surface area contributed by atoms with E-state index in [-0.39, 0.29) is 43.5 Å². The van der Waals surface area contributed by atoms with Crippen LogP contribution in [-0.4, -0.2) is 44.8 Å². The molecule has 1 aromatic carbocycles. The first kappa shape index (κ1) is 22.2. The summed E-state index contributed by atoms with van der Waals surface area (Å²) in [6.07, 6.45) is -0.338. The van der Waals surface area contributed by atoms with E-state index in [9.17, 15) is 9.59 Å². The lowest BCUT2D eigenvalue weighted by Gasteiger charge is -2.17. The van der Waals surface area contributed by atoms with Gasteiger partial charge in [0.1, 0.15) is 5.75 Å². The highest BCUT2D eigenvalue weighted by atomic mass is 35.5. The predicted molar refractivity (Wildman–Crippen MR) is 93.9 cm³/mol. The molecular weight excluding hydrogens is 336 g/mol. The largest absolute Gasteiger partial charge is 0.489 e. The fourth-order valence-electron chi connectivity index (χ4n) is 1.90. The van der Waals surface area contributed by atoms with Crippen molar-refractivity contribution >= 4 is 30.0 Å². The van der Waals surface area contributed by atoms with Crippen LogP contribution in [-0.2, 0) is 14.3 Å². The number of methoxy groups -OCH3 is 2. The molecule has 0 aromatic heterocycles. The molecule has 0 fully saturated rings. The highest BCUT2D eigenvalue weighted by Gasteiger charge is 2.16. The molecule has 1 aromatic rings. The molecule has 1 amide bonds. The predicted octanol–water partition coefficient (Wildman–Crippen LogP) is 1.98. The average Bonchev–Trinajstić information content (AvgIpc) is 2.52. The monoisotopic (exact) mass is 360 g/mol. The van der Waals surface area contributed by atoms with Gasteiger partial charge in [-0.3, -0.25) is 4.79 Å². The lowest BCUT2D eigenvalue weighted by atomic mass is 10.1. The molecule has 24 heavy (non-hydrogen) atoms. The van der Waals surface area contributed by atoms with Crippen LogP contribution in [0, 0.1) is 0 Å². The minimum atomic E-state index is -0.492. The third-order valence-electron chi connectivity index (χ3n) is 3.05. The number of hydrogen-bond acceptors (Lipinski definition) is 6. The molecule has 3 N–H and O–H groups in total. The van der Waals surface area contributed by atoms with Crippen molar-refractivity contribution in [1.82, 2.24) is 0 Å². The van der Waals surface area contributed by atoms with Crippen molar-refractivity contribution in [1.29, 1.82) is 0 Å². The summed E-state index contributed by atoms with van der Waals surface area (Å²) >= 11 is 0. The third kappa shape index (κ3) is 6.74. The number of rotatable bonds is 8. The molecule has 0 aliphatic heterocycles. The number of nitrogens with one attached hydrogen (secondary N) is 1. The number of anilines is 1. The number of nitrogens with two attached hydrogens (primary N) is 1. The van der Waals surface area contributed by atoms with E-state index in [0.29, 0.717) is 17.0 Å². The SMILES string of the molecule is COC(=O)c1ccc(OC(C)C)c(NC(=O)CC(CN)OC)c1.Cl. The summed E-state index contributed by atoms with van der Waals surface area (Å²) in [6, 6.07) is 4.72. The van der Waals surface area contributed by atoms with Gasteiger partial charge in [0.05, 0.1) is 37.0 Å². The van der Waals surface area contributed by atoms with Crippen LogP contribution in [0.5, 0.6) is 5.75 Å². The Bertz CT molecular complexity index is 547. The Hall–Kier alpha value is -1.83. The quantitative estimate of drug-likeness (QED) is 0.687. The van der Waals surface area contributed by atoms with Crippen LogP contribution in [0.1, 0.15) is 30.6 Å². The smallest absolute Gasteiger partial charge is 0.337 e. The van der Waals surface area contributed by atoms with Crippen molar-refractivity contribution in [2.45, 2.75) is 32.5 Å². The van der Waals surface area contributed by atoms with E-state index < -0.39 is 5.97 Å². The minimum absolute atomic E-state index is 0. The highest BCUT2D eigenvalue weighted by Crippen LogP contribution is 2.27. The van der Waals surface area contributed by atoms with Crippen LogP contribution >= 0.6 is 12.4 Å². The molecule has 0 radical (unpaired) electrons. The van der Waals surface area contributed by atoms with Crippen molar-refractivity contribution in [3.63, 3.8) is 0 Å². The molecular formula is C16H25ClN2O5.